The number of halogens is 1. The van der Waals surface area contributed by atoms with Crippen LogP contribution in [0.4, 0.5) is 4.48 Å². The van der Waals surface area contributed by atoms with Crippen molar-refractivity contribution in [1.82, 2.24) is 4.79 Å². The van der Waals surface area contributed by atoms with Gasteiger partial charge in [-0.3, -0.25) is 0 Å². The second kappa shape index (κ2) is 3.80. The average molecular weight is 192 g/mol. The van der Waals surface area contributed by atoms with Gasteiger partial charge in [0.1, 0.15) is 0 Å². The van der Waals surface area contributed by atoms with Crippen LogP contribution in [0, 0.1) is 0 Å². The highest BCUT2D eigenvalue weighted by Gasteiger charge is 2.06. The lowest BCUT2D eigenvalue weighted by molar-refractivity contribution is 0.370. The van der Waals surface area contributed by atoms with E-state index >= 15 is 0 Å². The predicted molar refractivity (Wildman–Crippen MR) is 55.8 cm³/mol. The summed E-state index contributed by atoms with van der Waals surface area (Å²) in [5.41, 5.74) is 6.73. The van der Waals surface area contributed by atoms with Crippen molar-refractivity contribution in [3.05, 3.63) is 36.0 Å². The number of aryl methyl sites for hydroxylation is 1. The van der Waals surface area contributed by atoms with Gasteiger partial charge in [-0.15, -0.1) is 0 Å². The van der Waals surface area contributed by atoms with Gasteiger partial charge in [0.05, 0.1) is 11.2 Å². The van der Waals surface area contributed by atoms with Crippen molar-refractivity contribution in [2.45, 2.75) is 12.8 Å². The first-order valence-electron chi connectivity index (χ1n) is 4.78. The summed E-state index contributed by atoms with van der Waals surface area (Å²) in [6.45, 7) is 0.599. The van der Waals surface area contributed by atoms with Gasteiger partial charge < -0.3 is 5.73 Å². The van der Waals surface area contributed by atoms with Crippen LogP contribution in [0.1, 0.15) is 12.1 Å². The number of benzene rings is 1. The van der Waals surface area contributed by atoms with Crippen LogP contribution >= 0.6 is 0 Å². The third-order valence-corrected chi connectivity index (χ3v) is 2.36. The van der Waals surface area contributed by atoms with E-state index in [9.17, 15) is 4.48 Å². The molecule has 2 aromatic rings. The molecule has 0 aliphatic heterocycles. The molecule has 0 fully saturated rings. The third-order valence-electron chi connectivity index (χ3n) is 2.36. The number of rotatable bonds is 3. The Hall–Kier alpha value is -1.35. The van der Waals surface area contributed by atoms with Crippen LogP contribution in [0.15, 0.2) is 30.3 Å². The maximum atomic E-state index is 13.6. The number of nitrogens with two attached hydrogens (primary N) is 1. The number of hydrogen-bond acceptors (Lipinski definition) is 1. The molecule has 0 spiro atoms. The van der Waals surface area contributed by atoms with Crippen LogP contribution in [0.3, 0.4) is 0 Å². The van der Waals surface area contributed by atoms with E-state index in [4.69, 9.17) is 5.73 Å². The Morgan fingerprint density at radius 3 is 2.79 bits per heavy atom. The second-order valence-corrected chi connectivity index (χ2v) is 3.37. The van der Waals surface area contributed by atoms with Gasteiger partial charge in [-0.05, 0) is 31.5 Å². The van der Waals surface area contributed by atoms with Crippen molar-refractivity contribution in [3.63, 3.8) is 0 Å². The molecule has 0 aliphatic carbocycles. The van der Waals surface area contributed by atoms with E-state index in [1.54, 1.807) is 6.07 Å². The van der Waals surface area contributed by atoms with Crippen LogP contribution in [0.25, 0.3) is 10.9 Å². The maximum absolute atomic E-state index is 13.6. The van der Waals surface area contributed by atoms with Crippen molar-refractivity contribution >= 4 is 10.9 Å². The molecule has 2 N–H and O–H groups in total. The molecule has 0 saturated heterocycles. The smallest absolute Gasteiger partial charge is 0.0816 e. The summed E-state index contributed by atoms with van der Waals surface area (Å²) >= 11 is 0. The first-order chi connectivity index (χ1) is 6.83. The lowest BCUT2D eigenvalue weighted by atomic mass is 10.2. The Morgan fingerprint density at radius 1 is 1.29 bits per heavy atom. The van der Waals surface area contributed by atoms with Gasteiger partial charge in [0.2, 0.25) is 0 Å². The highest BCUT2D eigenvalue weighted by atomic mass is 19.2. The normalized spacial score (nSPS) is 11.0. The van der Waals surface area contributed by atoms with Gasteiger partial charge >= 0.3 is 0 Å². The largest absolute Gasteiger partial charge is 0.330 e. The van der Waals surface area contributed by atoms with E-state index in [-0.39, 0.29) is 0 Å². The molecule has 0 unspecified atom stereocenters. The first-order valence-corrected chi connectivity index (χ1v) is 4.78. The number of fused-ring (bicyclic) bond motifs is 1. The van der Waals surface area contributed by atoms with E-state index in [2.05, 4.69) is 0 Å². The van der Waals surface area contributed by atoms with Crippen LogP contribution in [0.5, 0.6) is 0 Å². The summed E-state index contributed by atoms with van der Waals surface area (Å²) in [4.78, 5) is 0.755. The zero-order chi connectivity index (χ0) is 9.97. The predicted octanol–water partition coefficient (Wildman–Crippen LogP) is 2.27. The number of aromatic nitrogens is 1. The molecule has 1 aromatic heterocycles. The van der Waals surface area contributed by atoms with E-state index < -0.39 is 0 Å². The Kier molecular flexibility index (Phi) is 2.50. The molecule has 0 aliphatic rings. The fourth-order valence-electron chi connectivity index (χ4n) is 1.63. The average Bonchev–Trinajstić information content (AvgIpc) is 2.54. The van der Waals surface area contributed by atoms with Crippen molar-refractivity contribution in [2.24, 2.45) is 5.73 Å². The minimum Gasteiger partial charge on any atom is -0.330 e. The van der Waals surface area contributed by atoms with Gasteiger partial charge in [0.25, 0.3) is 0 Å². The minimum absolute atomic E-state index is 0.599. The Balaban J connectivity index is 2.41. The highest BCUT2D eigenvalue weighted by Crippen LogP contribution is 2.20. The quantitative estimate of drug-likeness (QED) is 0.794. The number of para-hydroxylation sites is 1. The van der Waals surface area contributed by atoms with Gasteiger partial charge in [-0.1, -0.05) is 22.7 Å². The zero-order valence-electron chi connectivity index (χ0n) is 7.91. The molecular weight excluding hydrogens is 179 g/mol. The zero-order valence-corrected chi connectivity index (χ0v) is 7.91. The van der Waals surface area contributed by atoms with E-state index in [1.165, 1.54) is 0 Å². The minimum atomic E-state index is 0.599. The van der Waals surface area contributed by atoms with E-state index in [1.807, 2.05) is 24.3 Å². The van der Waals surface area contributed by atoms with Crippen molar-refractivity contribution < 1.29 is 4.48 Å². The number of nitrogens with zero attached hydrogens (tertiary/aromatic N) is 1. The fourth-order valence-corrected chi connectivity index (χ4v) is 1.63. The van der Waals surface area contributed by atoms with Crippen LogP contribution in [-0.2, 0) is 6.42 Å². The topological polar surface area (TPSA) is 30.9 Å². The monoisotopic (exact) mass is 192 g/mol. The summed E-state index contributed by atoms with van der Waals surface area (Å²) in [7, 11) is 0. The molecule has 74 valence electrons. The first kappa shape index (κ1) is 9.21. The van der Waals surface area contributed by atoms with Crippen molar-refractivity contribution in [3.8, 4) is 0 Å². The van der Waals surface area contributed by atoms with Gasteiger partial charge in [-0.25, -0.2) is 0 Å². The molecule has 0 bridgehead atoms. The Morgan fingerprint density at radius 2 is 2.07 bits per heavy atom. The molecule has 14 heavy (non-hydrogen) atoms. The highest BCUT2D eigenvalue weighted by molar-refractivity contribution is 5.80. The van der Waals surface area contributed by atoms with Gasteiger partial charge in [-0.2, -0.15) is 4.79 Å². The molecule has 3 heteroatoms. The van der Waals surface area contributed by atoms with Crippen LogP contribution in [-0.4, -0.2) is 11.3 Å². The summed E-state index contributed by atoms with van der Waals surface area (Å²) in [5, 5.41) is 0.946. The van der Waals surface area contributed by atoms with Crippen LogP contribution < -0.4 is 5.73 Å². The lowest BCUT2D eigenvalue weighted by Gasteiger charge is -1.97. The second-order valence-electron chi connectivity index (χ2n) is 3.37. The molecule has 2 rings (SSSR count). The molecule has 2 nitrogen and oxygen atoms in total. The summed E-state index contributed by atoms with van der Waals surface area (Å²) in [6.07, 6.45) is 1.52. The molecule has 1 heterocycles. The van der Waals surface area contributed by atoms with E-state index in [0.29, 0.717) is 24.2 Å². The third kappa shape index (κ3) is 1.51. The Bertz CT molecular complexity index is 434. The lowest BCUT2D eigenvalue weighted by Crippen LogP contribution is -2.01. The fraction of sp³-hybridized carbons (Fsp3) is 0.273. The van der Waals surface area contributed by atoms with Crippen molar-refractivity contribution in [2.75, 3.05) is 6.54 Å². The molecule has 0 radical (unpaired) electrons. The Labute approximate surface area is 82.1 Å². The molecule has 0 saturated carbocycles. The summed E-state index contributed by atoms with van der Waals surface area (Å²) < 4.78 is 13.6. The maximum Gasteiger partial charge on any atom is 0.0816 e. The van der Waals surface area contributed by atoms with Crippen LogP contribution in [0.2, 0.25) is 0 Å². The molecule has 1 aromatic carbocycles. The molecular formula is C11H13FN2. The van der Waals surface area contributed by atoms with Crippen molar-refractivity contribution in [1.29, 1.82) is 0 Å². The number of hydrogen-bond donors (Lipinski definition) is 1. The summed E-state index contributed by atoms with van der Waals surface area (Å²) in [6, 6.07) is 9.32. The van der Waals surface area contributed by atoms with E-state index in [0.717, 1.165) is 16.6 Å². The standard InChI is InChI=1S/C11H13FN2/c12-14-10(5-3-7-13)8-9-4-1-2-6-11(9)14/h1-2,4,6,8H,3,5,7,13H2. The van der Waals surface area contributed by atoms with Gasteiger partial charge in [0, 0.05) is 5.39 Å². The SMILES string of the molecule is NCCCc1cc2ccccc2n1F. The summed E-state index contributed by atoms with van der Waals surface area (Å²) in [5.74, 6) is 0. The molecule has 0 atom stereocenters. The molecule has 0 amide bonds. The van der Waals surface area contributed by atoms with Gasteiger partial charge in [0.15, 0.2) is 0 Å².